The number of hydroxylamine groups is 1. The SMILES string of the molecule is CCONC(=O)c1ccccc1NS(=O)(=O)c1ccc(F)cc1C. The van der Waals surface area contributed by atoms with Crippen LogP contribution in [-0.2, 0) is 14.9 Å². The molecule has 0 saturated carbocycles. The molecule has 0 heterocycles. The van der Waals surface area contributed by atoms with Crippen molar-refractivity contribution in [3.63, 3.8) is 0 Å². The lowest BCUT2D eigenvalue weighted by Crippen LogP contribution is -2.25. The largest absolute Gasteiger partial charge is 0.279 e. The number of aryl methyl sites for hydroxylation is 1. The van der Waals surface area contributed by atoms with E-state index >= 15 is 0 Å². The highest BCUT2D eigenvalue weighted by Gasteiger charge is 2.20. The van der Waals surface area contributed by atoms with E-state index in [-0.39, 0.29) is 28.3 Å². The van der Waals surface area contributed by atoms with Gasteiger partial charge in [0.15, 0.2) is 0 Å². The lowest BCUT2D eigenvalue weighted by Gasteiger charge is -2.13. The van der Waals surface area contributed by atoms with Crippen LogP contribution in [0.1, 0.15) is 22.8 Å². The minimum atomic E-state index is -3.97. The van der Waals surface area contributed by atoms with Gasteiger partial charge in [-0.3, -0.25) is 14.4 Å². The van der Waals surface area contributed by atoms with Crippen molar-refractivity contribution in [2.24, 2.45) is 0 Å². The second-order valence-corrected chi connectivity index (χ2v) is 6.58. The maximum Gasteiger partial charge on any atom is 0.276 e. The molecule has 1 amide bonds. The fourth-order valence-corrected chi connectivity index (χ4v) is 3.38. The van der Waals surface area contributed by atoms with Crippen LogP contribution in [0.15, 0.2) is 47.4 Å². The third kappa shape index (κ3) is 4.09. The first-order valence-electron chi connectivity index (χ1n) is 7.15. The van der Waals surface area contributed by atoms with Gasteiger partial charge >= 0.3 is 0 Å². The molecule has 128 valence electrons. The summed E-state index contributed by atoms with van der Waals surface area (Å²) in [6.07, 6.45) is 0. The molecule has 6 nitrogen and oxygen atoms in total. The van der Waals surface area contributed by atoms with E-state index in [0.717, 1.165) is 12.1 Å². The Morgan fingerprint density at radius 3 is 2.58 bits per heavy atom. The molecule has 24 heavy (non-hydrogen) atoms. The molecule has 2 aromatic carbocycles. The van der Waals surface area contributed by atoms with Crippen LogP contribution in [0.25, 0.3) is 0 Å². The summed E-state index contributed by atoms with van der Waals surface area (Å²) in [6, 6.07) is 9.48. The van der Waals surface area contributed by atoms with Crippen molar-refractivity contribution in [3.8, 4) is 0 Å². The number of benzene rings is 2. The second kappa shape index (κ2) is 7.41. The van der Waals surface area contributed by atoms with Gasteiger partial charge in [0.05, 0.1) is 22.8 Å². The maximum absolute atomic E-state index is 13.2. The molecule has 2 aromatic rings. The molecule has 0 aliphatic carbocycles. The molecule has 2 rings (SSSR count). The van der Waals surface area contributed by atoms with Crippen molar-refractivity contribution in [1.82, 2.24) is 5.48 Å². The lowest BCUT2D eigenvalue weighted by atomic mass is 10.2. The molecule has 0 unspecified atom stereocenters. The van der Waals surface area contributed by atoms with Gasteiger partial charge in [-0.05, 0) is 49.7 Å². The van der Waals surface area contributed by atoms with Crippen LogP contribution in [0.5, 0.6) is 0 Å². The Balaban J connectivity index is 2.35. The number of halogens is 1. The quantitative estimate of drug-likeness (QED) is 0.783. The third-order valence-electron chi connectivity index (χ3n) is 3.15. The van der Waals surface area contributed by atoms with E-state index in [2.05, 4.69) is 10.2 Å². The van der Waals surface area contributed by atoms with Crippen molar-refractivity contribution in [3.05, 3.63) is 59.4 Å². The highest BCUT2D eigenvalue weighted by atomic mass is 32.2. The molecule has 0 atom stereocenters. The van der Waals surface area contributed by atoms with Crippen molar-refractivity contribution in [1.29, 1.82) is 0 Å². The number of para-hydroxylation sites is 1. The molecule has 0 spiro atoms. The molecule has 0 fully saturated rings. The van der Waals surface area contributed by atoms with Crippen LogP contribution in [-0.4, -0.2) is 20.9 Å². The van der Waals surface area contributed by atoms with Crippen molar-refractivity contribution in [2.45, 2.75) is 18.7 Å². The van der Waals surface area contributed by atoms with Gasteiger partial charge < -0.3 is 0 Å². The van der Waals surface area contributed by atoms with Crippen LogP contribution in [0, 0.1) is 12.7 Å². The molecule has 0 aliphatic heterocycles. The van der Waals surface area contributed by atoms with Crippen molar-refractivity contribution in [2.75, 3.05) is 11.3 Å². The van der Waals surface area contributed by atoms with E-state index in [1.165, 1.54) is 25.1 Å². The van der Waals surface area contributed by atoms with E-state index in [1.807, 2.05) is 0 Å². The number of anilines is 1. The second-order valence-electron chi connectivity index (χ2n) is 4.93. The number of carbonyl (C=O) groups is 1. The van der Waals surface area contributed by atoms with Gasteiger partial charge in [-0.2, -0.15) is 0 Å². The third-order valence-corrected chi connectivity index (χ3v) is 4.68. The smallest absolute Gasteiger partial charge is 0.276 e. The topological polar surface area (TPSA) is 84.5 Å². The molecule has 0 radical (unpaired) electrons. The predicted molar refractivity (Wildman–Crippen MR) is 87.5 cm³/mol. The molecular formula is C16H17FN2O4S. The van der Waals surface area contributed by atoms with Gasteiger partial charge in [0.2, 0.25) is 0 Å². The molecule has 0 aliphatic rings. The van der Waals surface area contributed by atoms with Gasteiger partial charge in [0.1, 0.15) is 5.82 Å². The Bertz CT molecular complexity index is 853. The van der Waals surface area contributed by atoms with E-state index in [9.17, 15) is 17.6 Å². The first-order chi connectivity index (χ1) is 11.3. The van der Waals surface area contributed by atoms with Crippen LogP contribution in [0.2, 0.25) is 0 Å². The van der Waals surface area contributed by atoms with E-state index in [1.54, 1.807) is 19.1 Å². The Hall–Kier alpha value is -2.45. The summed E-state index contributed by atoms with van der Waals surface area (Å²) in [7, 11) is -3.97. The van der Waals surface area contributed by atoms with Crippen LogP contribution < -0.4 is 10.2 Å². The number of nitrogens with one attached hydrogen (secondary N) is 2. The standard InChI is InChI=1S/C16H17FN2O4S/c1-3-23-18-16(20)13-6-4-5-7-14(13)19-24(21,22)15-9-8-12(17)10-11(15)2/h4-10,19H,3H2,1-2H3,(H,18,20). The molecule has 2 N–H and O–H groups in total. The summed E-state index contributed by atoms with van der Waals surface area (Å²) < 4.78 is 40.6. The summed E-state index contributed by atoms with van der Waals surface area (Å²) >= 11 is 0. The Morgan fingerprint density at radius 1 is 1.21 bits per heavy atom. The van der Waals surface area contributed by atoms with Crippen molar-refractivity contribution < 1.29 is 22.4 Å². The number of carbonyl (C=O) groups excluding carboxylic acids is 1. The summed E-state index contributed by atoms with van der Waals surface area (Å²) in [4.78, 5) is 16.8. The van der Waals surface area contributed by atoms with Crippen LogP contribution in [0.3, 0.4) is 0 Å². The molecule has 0 aromatic heterocycles. The number of hydrogen-bond acceptors (Lipinski definition) is 4. The highest BCUT2D eigenvalue weighted by Crippen LogP contribution is 2.22. The zero-order valence-corrected chi connectivity index (χ0v) is 14.0. The highest BCUT2D eigenvalue weighted by molar-refractivity contribution is 7.92. The zero-order chi connectivity index (χ0) is 17.7. The zero-order valence-electron chi connectivity index (χ0n) is 13.2. The Kier molecular flexibility index (Phi) is 5.53. The van der Waals surface area contributed by atoms with Gasteiger partial charge in [-0.15, -0.1) is 0 Å². The number of sulfonamides is 1. The number of hydrogen-bond donors (Lipinski definition) is 2. The van der Waals surface area contributed by atoms with Gasteiger partial charge in [0.25, 0.3) is 15.9 Å². The van der Waals surface area contributed by atoms with Gasteiger partial charge in [-0.1, -0.05) is 12.1 Å². The minimum absolute atomic E-state index is 0.0658. The average Bonchev–Trinajstić information content (AvgIpc) is 2.52. The average molecular weight is 352 g/mol. The monoisotopic (exact) mass is 352 g/mol. The normalized spacial score (nSPS) is 11.1. The summed E-state index contributed by atoms with van der Waals surface area (Å²) in [5.74, 6) is -1.10. The summed E-state index contributed by atoms with van der Waals surface area (Å²) in [6.45, 7) is 3.46. The van der Waals surface area contributed by atoms with Crippen molar-refractivity contribution >= 4 is 21.6 Å². The lowest BCUT2D eigenvalue weighted by molar-refractivity contribution is 0.0365. The fourth-order valence-electron chi connectivity index (χ4n) is 2.08. The number of rotatable bonds is 6. The Morgan fingerprint density at radius 2 is 1.92 bits per heavy atom. The predicted octanol–water partition coefficient (Wildman–Crippen LogP) is 2.62. The Labute approximate surface area is 139 Å². The minimum Gasteiger partial charge on any atom is -0.279 e. The first-order valence-corrected chi connectivity index (χ1v) is 8.63. The van der Waals surface area contributed by atoms with Gasteiger partial charge in [-0.25, -0.2) is 18.3 Å². The fraction of sp³-hybridized carbons (Fsp3) is 0.188. The van der Waals surface area contributed by atoms with E-state index < -0.39 is 21.7 Å². The van der Waals surface area contributed by atoms with Crippen LogP contribution in [0.4, 0.5) is 10.1 Å². The van der Waals surface area contributed by atoms with Crippen LogP contribution >= 0.6 is 0 Å². The molecule has 0 bridgehead atoms. The summed E-state index contributed by atoms with van der Waals surface area (Å²) in [5, 5.41) is 0. The summed E-state index contributed by atoms with van der Waals surface area (Å²) in [5.41, 5.74) is 2.67. The van der Waals surface area contributed by atoms with E-state index in [0.29, 0.717) is 0 Å². The molecular weight excluding hydrogens is 335 g/mol. The van der Waals surface area contributed by atoms with Gasteiger partial charge in [0, 0.05) is 0 Å². The van der Waals surface area contributed by atoms with E-state index in [4.69, 9.17) is 4.84 Å². The maximum atomic E-state index is 13.2. The molecule has 0 saturated heterocycles. The number of amides is 1. The first kappa shape index (κ1) is 17.9. The molecule has 8 heteroatoms.